The van der Waals surface area contributed by atoms with Crippen LogP contribution in [0.4, 0.5) is 5.69 Å². The monoisotopic (exact) mass is 483 g/mol. The summed E-state index contributed by atoms with van der Waals surface area (Å²) < 4.78 is 12.3. The van der Waals surface area contributed by atoms with E-state index in [4.69, 9.17) is 14.5 Å². The Balaban J connectivity index is 1.42. The van der Waals surface area contributed by atoms with Crippen LogP contribution in [0.1, 0.15) is 30.7 Å². The van der Waals surface area contributed by atoms with E-state index in [1.165, 1.54) is 16.6 Å². The number of hydrogen-bond donors (Lipinski definition) is 1. The van der Waals surface area contributed by atoms with Crippen molar-refractivity contribution >= 4 is 44.9 Å². The molecule has 5 rings (SSSR count). The Morgan fingerprint density at radius 3 is 3.06 bits per heavy atom. The van der Waals surface area contributed by atoms with Crippen LogP contribution in [0.2, 0.25) is 0 Å². The van der Waals surface area contributed by atoms with Crippen LogP contribution in [0, 0.1) is 5.92 Å². The number of aromatic nitrogens is 2. The van der Waals surface area contributed by atoms with Crippen LogP contribution < -0.4 is 20.3 Å². The average Bonchev–Trinajstić information content (AvgIpc) is 3.39. The number of thiophene rings is 1. The van der Waals surface area contributed by atoms with E-state index >= 15 is 0 Å². The molecule has 9 heteroatoms. The summed E-state index contributed by atoms with van der Waals surface area (Å²) in [7, 11) is 0. The molecular weight excluding hydrogens is 458 g/mol. The molecule has 2 atom stereocenters. The minimum atomic E-state index is -0.467. The Hall–Kier alpha value is -2.78. The van der Waals surface area contributed by atoms with E-state index in [0.29, 0.717) is 34.8 Å². The van der Waals surface area contributed by atoms with E-state index < -0.39 is 5.25 Å². The molecule has 0 unspecified atom stereocenters. The maximum absolute atomic E-state index is 13.4. The van der Waals surface area contributed by atoms with Crippen LogP contribution in [0.5, 0.6) is 11.5 Å². The van der Waals surface area contributed by atoms with Gasteiger partial charge in [0.25, 0.3) is 5.56 Å². The van der Waals surface area contributed by atoms with Gasteiger partial charge in [-0.25, -0.2) is 4.98 Å². The van der Waals surface area contributed by atoms with Gasteiger partial charge < -0.3 is 14.8 Å². The molecule has 3 heterocycles. The predicted molar refractivity (Wildman–Crippen MR) is 132 cm³/mol. The van der Waals surface area contributed by atoms with Crippen molar-refractivity contribution < 1.29 is 14.3 Å². The van der Waals surface area contributed by atoms with Crippen LogP contribution in [0.15, 0.2) is 40.8 Å². The molecule has 1 amide bonds. The van der Waals surface area contributed by atoms with Gasteiger partial charge in [0.15, 0.2) is 16.7 Å². The van der Waals surface area contributed by atoms with Crippen LogP contribution in [0.25, 0.3) is 10.2 Å². The lowest BCUT2D eigenvalue weighted by Crippen LogP contribution is -2.27. The van der Waals surface area contributed by atoms with Crippen molar-refractivity contribution in [3.63, 3.8) is 0 Å². The number of benzene rings is 1. The van der Waals surface area contributed by atoms with Crippen LogP contribution >= 0.6 is 23.1 Å². The van der Waals surface area contributed by atoms with E-state index in [9.17, 15) is 9.59 Å². The second kappa shape index (κ2) is 8.87. The number of aryl methyl sites for hydroxylation is 1. The topological polar surface area (TPSA) is 82.5 Å². The van der Waals surface area contributed by atoms with Gasteiger partial charge in [-0.15, -0.1) is 17.9 Å². The molecule has 1 aromatic carbocycles. The molecule has 0 fully saturated rings. The fraction of sp³-hybridized carbons (Fsp3) is 0.375. The molecule has 2 aromatic heterocycles. The van der Waals surface area contributed by atoms with Gasteiger partial charge >= 0.3 is 0 Å². The Morgan fingerprint density at radius 1 is 1.42 bits per heavy atom. The lowest BCUT2D eigenvalue weighted by Gasteiger charge is -2.18. The van der Waals surface area contributed by atoms with Crippen molar-refractivity contribution in [3.8, 4) is 11.5 Å². The molecule has 7 nitrogen and oxygen atoms in total. The first-order chi connectivity index (χ1) is 15.9. The molecule has 0 saturated carbocycles. The quantitative estimate of drug-likeness (QED) is 0.313. The van der Waals surface area contributed by atoms with Gasteiger partial charge in [0.2, 0.25) is 12.7 Å². The summed E-state index contributed by atoms with van der Waals surface area (Å²) in [6, 6.07) is 5.29. The van der Waals surface area contributed by atoms with Gasteiger partial charge in [-0.1, -0.05) is 24.8 Å². The molecule has 0 spiro atoms. The molecule has 1 aliphatic heterocycles. The van der Waals surface area contributed by atoms with Crippen LogP contribution in [0.3, 0.4) is 0 Å². The normalized spacial score (nSPS) is 17.6. The fourth-order valence-electron chi connectivity index (χ4n) is 4.21. The summed E-state index contributed by atoms with van der Waals surface area (Å²) in [5, 5.41) is 3.72. The highest BCUT2D eigenvalue weighted by Crippen LogP contribution is 2.37. The van der Waals surface area contributed by atoms with E-state index in [0.717, 1.165) is 35.0 Å². The highest BCUT2D eigenvalue weighted by atomic mass is 32.2. The average molecular weight is 484 g/mol. The Bertz CT molecular complexity index is 1310. The van der Waals surface area contributed by atoms with Crippen molar-refractivity contribution in [3.05, 3.63) is 51.6 Å². The maximum atomic E-state index is 13.4. The van der Waals surface area contributed by atoms with Crippen molar-refractivity contribution in [2.75, 3.05) is 12.1 Å². The Morgan fingerprint density at radius 2 is 2.24 bits per heavy atom. The molecule has 0 saturated heterocycles. The van der Waals surface area contributed by atoms with Crippen molar-refractivity contribution in [1.82, 2.24) is 9.55 Å². The van der Waals surface area contributed by atoms with Crippen LogP contribution in [-0.2, 0) is 24.2 Å². The number of anilines is 1. The van der Waals surface area contributed by atoms with Gasteiger partial charge in [-0.3, -0.25) is 14.2 Å². The van der Waals surface area contributed by atoms with Gasteiger partial charge in [0.05, 0.1) is 10.6 Å². The fourth-order valence-corrected chi connectivity index (χ4v) is 6.56. The largest absolute Gasteiger partial charge is 0.454 e. The van der Waals surface area contributed by atoms with Gasteiger partial charge in [-0.05, 0) is 49.8 Å². The van der Waals surface area contributed by atoms with E-state index in [1.807, 2.05) is 6.92 Å². The first kappa shape index (κ1) is 22.0. The van der Waals surface area contributed by atoms with Crippen molar-refractivity contribution in [2.24, 2.45) is 5.92 Å². The first-order valence-corrected chi connectivity index (χ1v) is 12.7. The zero-order chi connectivity index (χ0) is 23.1. The lowest BCUT2D eigenvalue weighted by atomic mass is 9.89. The van der Waals surface area contributed by atoms with Gasteiger partial charge in [-0.2, -0.15) is 0 Å². The first-order valence-electron chi connectivity index (χ1n) is 11.0. The van der Waals surface area contributed by atoms with E-state index in [2.05, 4.69) is 18.8 Å². The summed E-state index contributed by atoms with van der Waals surface area (Å²) >= 11 is 2.90. The second-order valence-corrected chi connectivity index (χ2v) is 10.8. The maximum Gasteiger partial charge on any atom is 0.263 e. The number of fused-ring (bicyclic) bond motifs is 4. The zero-order valence-electron chi connectivity index (χ0n) is 18.6. The van der Waals surface area contributed by atoms with E-state index in [-0.39, 0.29) is 18.3 Å². The molecule has 0 radical (unpaired) electrons. The minimum Gasteiger partial charge on any atom is -0.454 e. The van der Waals surface area contributed by atoms with Crippen molar-refractivity contribution in [1.29, 1.82) is 0 Å². The highest BCUT2D eigenvalue weighted by molar-refractivity contribution is 8.00. The third-order valence-electron chi connectivity index (χ3n) is 5.98. The molecular formula is C24H25N3O4S2. The molecule has 1 aliphatic carbocycles. The molecule has 33 heavy (non-hydrogen) atoms. The number of thioether (sulfide) groups is 1. The molecule has 172 valence electrons. The summed E-state index contributed by atoms with van der Waals surface area (Å²) in [5.41, 5.74) is 1.75. The molecule has 0 bridgehead atoms. The number of hydrogen-bond acceptors (Lipinski definition) is 7. The zero-order valence-corrected chi connectivity index (χ0v) is 20.2. The number of nitrogens with one attached hydrogen (secondary N) is 1. The summed E-state index contributed by atoms with van der Waals surface area (Å²) in [6.45, 7) is 8.39. The number of allylic oxidation sites excluding steroid dienone is 1. The standard InChI is InChI=1S/C24H25N3O4S2/c1-4-9-27-23(29)20-16-7-5-13(2)10-19(16)33-22(20)26-24(27)32-14(3)21(28)25-15-6-8-17-18(11-15)31-12-30-17/h4,6,8,11,13-14H,1,5,7,9-10,12H2,2-3H3,(H,25,28)/t13-,14+/m0/s1. The second-order valence-electron chi connectivity index (χ2n) is 8.45. The van der Waals surface area contributed by atoms with E-state index in [1.54, 1.807) is 40.2 Å². The molecule has 1 N–H and O–H groups in total. The summed E-state index contributed by atoms with van der Waals surface area (Å²) in [6.07, 6.45) is 4.70. The number of ether oxygens (including phenoxy) is 2. The number of rotatable bonds is 6. The molecule has 3 aromatic rings. The molecule has 2 aliphatic rings. The summed E-state index contributed by atoms with van der Waals surface area (Å²) in [5.74, 6) is 1.71. The highest BCUT2D eigenvalue weighted by Gasteiger charge is 2.26. The Labute approximate surface area is 199 Å². The van der Waals surface area contributed by atoms with Crippen LogP contribution in [-0.4, -0.2) is 27.5 Å². The van der Waals surface area contributed by atoms with Crippen molar-refractivity contribution in [2.45, 2.75) is 50.1 Å². The number of carbonyl (C=O) groups excluding carboxylic acids is 1. The van der Waals surface area contributed by atoms with Gasteiger partial charge in [0, 0.05) is 23.2 Å². The predicted octanol–water partition coefficient (Wildman–Crippen LogP) is 4.62. The third-order valence-corrected chi connectivity index (χ3v) is 8.22. The third kappa shape index (κ3) is 4.15. The number of carbonyl (C=O) groups is 1. The lowest BCUT2D eigenvalue weighted by molar-refractivity contribution is -0.115. The number of amides is 1. The minimum absolute atomic E-state index is 0.0437. The number of nitrogens with zero attached hydrogens (tertiary/aromatic N) is 2. The SMILES string of the molecule is C=CCn1c(S[C@H](C)C(=O)Nc2ccc3c(c2)OCO3)nc2sc3c(c2c1=O)CC[C@H](C)C3. The van der Waals surface area contributed by atoms with Gasteiger partial charge in [0.1, 0.15) is 4.83 Å². The summed E-state index contributed by atoms with van der Waals surface area (Å²) in [4.78, 5) is 33.2. The Kier molecular flexibility index (Phi) is 5.92. The smallest absolute Gasteiger partial charge is 0.263 e.